The third-order valence-corrected chi connectivity index (χ3v) is 15.5. The van der Waals surface area contributed by atoms with Crippen LogP contribution in [0, 0.1) is 0 Å². The molecule has 0 N–H and O–H groups in total. The predicted octanol–water partition coefficient (Wildman–Crippen LogP) is 18.4. The van der Waals surface area contributed by atoms with Gasteiger partial charge in [0, 0.05) is 58.5 Å². The number of fused-ring (bicyclic) bond motifs is 13. The van der Waals surface area contributed by atoms with Crippen LogP contribution in [0.3, 0.4) is 0 Å². The Labute approximate surface area is 387 Å². The zero-order valence-corrected chi connectivity index (χ0v) is 37.1. The summed E-state index contributed by atoms with van der Waals surface area (Å²) in [5.74, 6) is 0. The van der Waals surface area contributed by atoms with Gasteiger partial charge in [-0.3, -0.25) is 0 Å². The Hall–Kier alpha value is -8.16. The zero-order valence-electron chi connectivity index (χ0n) is 35.4. The molecule has 4 nitrogen and oxygen atoms in total. The predicted molar refractivity (Wildman–Crippen MR) is 283 cm³/mol. The molecule has 310 valence electrons. The molecule has 66 heavy (non-hydrogen) atoms. The standard InChI is InChI=1S/C60H37N3OS2/c1-3-17-38(18-4-1)61(52-28-15-25-47-44-22-9-13-31-55(44)65-59(47)52)40-35-41(62(39-19-5-2-6-20-39)53-29-16-26-48-45-23-10-14-32-56(45)66-60(48)53)37-42(36-40)63-50-27-11-7-24-49(50)57-51(63)34-33-46-43-21-8-12-30-54(43)64-58(46)57/h1-37H. The molecule has 0 saturated carbocycles. The Bertz CT molecular complexity index is 4020. The first kappa shape index (κ1) is 37.2. The van der Waals surface area contributed by atoms with Crippen molar-refractivity contribution in [3.05, 3.63) is 224 Å². The van der Waals surface area contributed by atoms with Crippen LogP contribution in [0.2, 0.25) is 0 Å². The highest BCUT2D eigenvalue weighted by Gasteiger charge is 2.25. The summed E-state index contributed by atoms with van der Waals surface area (Å²) >= 11 is 3.71. The van der Waals surface area contributed by atoms with Crippen molar-refractivity contribution < 1.29 is 4.42 Å². The third-order valence-electron chi connectivity index (χ3n) is 13.1. The number of aromatic nitrogens is 1. The molecule has 0 aliphatic rings. The average molecular weight is 880 g/mol. The lowest BCUT2D eigenvalue weighted by Gasteiger charge is -2.31. The van der Waals surface area contributed by atoms with Crippen LogP contribution in [-0.4, -0.2) is 4.57 Å². The molecule has 6 heteroatoms. The SMILES string of the molecule is c1ccc(N(c2cc(N(c3ccccc3)c3cccc4c3sc3ccccc34)cc(-n3c4ccccc4c4c5oc6ccccc6c5ccc43)c2)c2cccc3c2sc2ccccc23)cc1. The summed E-state index contributed by atoms with van der Waals surface area (Å²) in [5.41, 5.74) is 11.5. The van der Waals surface area contributed by atoms with Crippen molar-refractivity contribution in [1.82, 2.24) is 4.57 Å². The number of thiophene rings is 2. The van der Waals surface area contributed by atoms with Crippen LogP contribution < -0.4 is 9.80 Å². The lowest BCUT2D eigenvalue weighted by Crippen LogP contribution is -2.14. The molecule has 0 amide bonds. The molecule has 0 aliphatic carbocycles. The van der Waals surface area contributed by atoms with Gasteiger partial charge in [-0.25, -0.2) is 0 Å². The summed E-state index contributed by atoms with van der Waals surface area (Å²) in [6.45, 7) is 0. The lowest BCUT2D eigenvalue weighted by molar-refractivity contribution is 0.673. The largest absolute Gasteiger partial charge is 0.455 e. The quantitative estimate of drug-likeness (QED) is 0.159. The number of anilines is 6. The van der Waals surface area contributed by atoms with Crippen molar-refractivity contribution in [3.8, 4) is 5.69 Å². The van der Waals surface area contributed by atoms with Gasteiger partial charge < -0.3 is 18.8 Å². The molecule has 0 radical (unpaired) electrons. The highest BCUT2D eigenvalue weighted by molar-refractivity contribution is 7.26. The molecule has 10 aromatic carbocycles. The number of rotatable bonds is 7. The van der Waals surface area contributed by atoms with Crippen molar-refractivity contribution in [1.29, 1.82) is 0 Å². The van der Waals surface area contributed by atoms with Crippen molar-refractivity contribution in [2.24, 2.45) is 0 Å². The Morgan fingerprint density at radius 3 is 1.45 bits per heavy atom. The molecule has 4 aromatic heterocycles. The third kappa shape index (κ3) is 5.62. The second kappa shape index (κ2) is 14.7. The van der Waals surface area contributed by atoms with E-state index in [4.69, 9.17) is 4.42 Å². The van der Waals surface area contributed by atoms with Gasteiger partial charge in [0.25, 0.3) is 0 Å². The molecular formula is C60H37N3OS2. The summed E-state index contributed by atoms with van der Waals surface area (Å²) in [5, 5.41) is 9.55. The first-order chi connectivity index (χ1) is 32.7. The molecule has 14 aromatic rings. The van der Waals surface area contributed by atoms with Crippen molar-refractivity contribution in [3.63, 3.8) is 0 Å². The first-order valence-corrected chi connectivity index (χ1v) is 23.9. The molecule has 0 aliphatic heterocycles. The minimum Gasteiger partial charge on any atom is -0.455 e. The molecular weight excluding hydrogens is 843 g/mol. The number of furan rings is 1. The summed E-state index contributed by atoms with van der Waals surface area (Å²) in [6.07, 6.45) is 0. The smallest absolute Gasteiger partial charge is 0.145 e. The fourth-order valence-corrected chi connectivity index (χ4v) is 12.7. The van der Waals surface area contributed by atoms with E-state index < -0.39 is 0 Å². The first-order valence-electron chi connectivity index (χ1n) is 22.2. The average Bonchev–Trinajstić information content (AvgIpc) is 4.14. The summed E-state index contributed by atoms with van der Waals surface area (Å²) < 4.78 is 14.3. The van der Waals surface area contributed by atoms with E-state index in [1.807, 2.05) is 28.7 Å². The van der Waals surface area contributed by atoms with Crippen LogP contribution in [0.4, 0.5) is 34.1 Å². The summed E-state index contributed by atoms with van der Waals surface area (Å²) in [6, 6.07) is 81.5. The second-order valence-corrected chi connectivity index (χ2v) is 18.9. The van der Waals surface area contributed by atoms with Crippen LogP contribution in [0.1, 0.15) is 0 Å². The number of benzene rings is 10. The van der Waals surface area contributed by atoms with Gasteiger partial charge in [0.2, 0.25) is 0 Å². The molecule has 0 spiro atoms. The van der Waals surface area contributed by atoms with Gasteiger partial charge in [-0.15, -0.1) is 22.7 Å². The number of para-hydroxylation sites is 4. The van der Waals surface area contributed by atoms with Crippen LogP contribution in [-0.2, 0) is 0 Å². The van der Waals surface area contributed by atoms with Crippen molar-refractivity contribution in [2.45, 2.75) is 0 Å². The topological polar surface area (TPSA) is 24.6 Å². The van der Waals surface area contributed by atoms with Gasteiger partial charge in [-0.1, -0.05) is 133 Å². The van der Waals surface area contributed by atoms with Crippen LogP contribution in [0.5, 0.6) is 0 Å². The normalized spacial score (nSPS) is 11.9. The Kier molecular flexibility index (Phi) is 8.29. The zero-order chi connectivity index (χ0) is 43.3. The van der Waals surface area contributed by atoms with E-state index in [1.54, 1.807) is 0 Å². The van der Waals surface area contributed by atoms with Gasteiger partial charge in [0.15, 0.2) is 0 Å². The van der Waals surface area contributed by atoms with Gasteiger partial charge in [0.05, 0.1) is 54.3 Å². The summed E-state index contributed by atoms with van der Waals surface area (Å²) in [7, 11) is 0. The van der Waals surface area contributed by atoms with Crippen LogP contribution >= 0.6 is 22.7 Å². The number of hydrogen-bond acceptors (Lipinski definition) is 5. The van der Waals surface area contributed by atoms with E-state index in [0.29, 0.717) is 0 Å². The fraction of sp³-hybridized carbons (Fsp3) is 0. The van der Waals surface area contributed by atoms with Gasteiger partial charge in [-0.2, -0.15) is 0 Å². The van der Waals surface area contributed by atoms with E-state index in [9.17, 15) is 0 Å². The Balaban J connectivity index is 1.11. The maximum atomic E-state index is 6.78. The van der Waals surface area contributed by atoms with E-state index in [0.717, 1.165) is 83.6 Å². The molecule has 4 heterocycles. The van der Waals surface area contributed by atoms with Crippen LogP contribution in [0.15, 0.2) is 229 Å². The monoisotopic (exact) mass is 879 g/mol. The van der Waals surface area contributed by atoms with E-state index in [1.165, 1.54) is 40.3 Å². The molecule has 0 saturated heterocycles. The fourth-order valence-electron chi connectivity index (χ4n) is 10.3. The molecule has 0 atom stereocenters. The minimum atomic E-state index is 0.893. The molecule has 0 fully saturated rings. The Morgan fingerprint density at radius 2 is 0.848 bits per heavy atom. The van der Waals surface area contributed by atoms with E-state index >= 15 is 0 Å². The number of nitrogens with zero attached hydrogens (tertiary/aromatic N) is 3. The highest BCUT2D eigenvalue weighted by atomic mass is 32.1. The number of hydrogen-bond donors (Lipinski definition) is 0. The minimum absolute atomic E-state index is 0.893. The van der Waals surface area contributed by atoms with Crippen molar-refractivity contribution in [2.75, 3.05) is 9.80 Å². The maximum absolute atomic E-state index is 6.78. The van der Waals surface area contributed by atoms with Gasteiger partial charge in [0.1, 0.15) is 11.2 Å². The van der Waals surface area contributed by atoms with E-state index in [2.05, 4.69) is 233 Å². The molecule has 0 bridgehead atoms. The molecule has 14 rings (SSSR count). The Morgan fingerprint density at radius 1 is 0.348 bits per heavy atom. The lowest BCUT2D eigenvalue weighted by atomic mass is 10.1. The van der Waals surface area contributed by atoms with E-state index in [-0.39, 0.29) is 0 Å². The summed E-state index contributed by atoms with van der Waals surface area (Å²) in [4.78, 5) is 4.92. The van der Waals surface area contributed by atoms with Crippen molar-refractivity contribution >= 4 is 141 Å². The highest BCUT2D eigenvalue weighted by Crippen LogP contribution is 2.50. The molecule has 0 unspecified atom stereocenters. The second-order valence-electron chi connectivity index (χ2n) is 16.8. The van der Waals surface area contributed by atoms with Crippen LogP contribution in [0.25, 0.3) is 89.8 Å². The van der Waals surface area contributed by atoms with Gasteiger partial charge >= 0.3 is 0 Å². The van der Waals surface area contributed by atoms with Gasteiger partial charge in [-0.05, 0) is 91.0 Å². The maximum Gasteiger partial charge on any atom is 0.145 e.